The Hall–Kier alpha value is -1.44. The van der Waals surface area contributed by atoms with E-state index < -0.39 is 15.6 Å². The quantitative estimate of drug-likeness (QED) is 0.736. The van der Waals surface area contributed by atoms with E-state index in [1.54, 1.807) is 32.9 Å². The van der Waals surface area contributed by atoms with Gasteiger partial charge < -0.3 is 10.2 Å². The number of rotatable bonds is 7. The summed E-state index contributed by atoms with van der Waals surface area (Å²) in [6, 6.07) is 6.07. The average Bonchev–Trinajstić information content (AvgIpc) is 2.40. The summed E-state index contributed by atoms with van der Waals surface area (Å²) in [5.41, 5.74) is -0.241. The summed E-state index contributed by atoms with van der Waals surface area (Å²) >= 11 is 0. The third-order valence-electron chi connectivity index (χ3n) is 2.91. The van der Waals surface area contributed by atoms with E-state index in [4.69, 9.17) is 0 Å². The second-order valence-electron chi connectivity index (χ2n) is 6.80. The lowest BCUT2D eigenvalue weighted by atomic mass is 10.1. The van der Waals surface area contributed by atoms with E-state index >= 15 is 0 Å². The first-order valence-electron chi connectivity index (χ1n) is 7.58. The van der Waals surface area contributed by atoms with Gasteiger partial charge in [0.15, 0.2) is 0 Å². The van der Waals surface area contributed by atoms with E-state index in [9.17, 15) is 13.2 Å². The topological polar surface area (TPSA) is 78.5 Å². The molecule has 1 amide bonds. The molecule has 0 bridgehead atoms. The maximum absolute atomic E-state index is 12.3. The van der Waals surface area contributed by atoms with Crippen LogP contribution in [0.2, 0.25) is 0 Å². The van der Waals surface area contributed by atoms with Crippen LogP contribution in [-0.4, -0.2) is 51.9 Å². The first-order chi connectivity index (χ1) is 10.5. The number of hydrogen-bond acceptors (Lipinski definition) is 4. The molecule has 0 radical (unpaired) electrons. The van der Waals surface area contributed by atoms with Gasteiger partial charge in [-0.2, -0.15) is 0 Å². The number of hydrogen-bond donors (Lipinski definition) is 2. The van der Waals surface area contributed by atoms with Crippen molar-refractivity contribution >= 4 is 15.9 Å². The van der Waals surface area contributed by atoms with Crippen molar-refractivity contribution in [1.82, 2.24) is 14.9 Å². The molecule has 1 rings (SSSR count). The van der Waals surface area contributed by atoms with Gasteiger partial charge in [0.2, 0.25) is 10.0 Å². The molecule has 0 aliphatic heterocycles. The maximum atomic E-state index is 12.3. The van der Waals surface area contributed by atoms with Crippen molar-refractivity contribution in [2.75, 3.05) is 27.2 Å². The van der Waals surface area contributed by atoms with Crippen LogP contribution in [0.5, 0.6) is 0 Å². The SMILES string of the molecule is CN(C)CCCNC(=O)c1cccc(S(=O)(=O)NC(C)(C)C)c1. The van der Waals surface area contributed by atoms with Crippen molar-refractivity contribution < 1.29 is 13.2 Å². The Bertz CT molecular complexity index is 634. The van der Waals surface area contributed by atoms with Crippen molar-refractivity contribution in [3.63, 3.8) is 0 Å². The highest BCUT2D eigenvalue weighted by molar-refractivity contribution is 7.89. The second-order valence-corrected chi connectivity index (χ2v) is 8.48. The third-order valence-corrected chi connectivity index (χ3v) is 4.67. The molecule has 0 saturated carbocycles. The van der Waals surface area contributed by atoms with Crippen LogP contribution in [0, 0.1) is 0 Å². The molecule has 23 heavy (non-hydrogen) atoms. The fourth-order valence-corrected chi connectivity index (χ4v) is 3.43. The fraction of sp³-hybridized carbons (Fsp3) is 0.562. The van der Waals surface area contributed by atoms with Gasteiger partial charge in [0.25, 0.3) is 5.91 Å². The Morgan fingerprint density at radius 1 is 1.22 bits per heavy atom. The van der Waals surface area contributed by atoms with Crippen LogP contribution >= 0.6 is 0 Å². The number of nitrogens with zero attached hydrogens (tertiary/aromatic N) is 1. The molecule has 0 spiro atoms. The van der Waals surface area contributed by atoms with Gasteiger partial charge in [0, 0.05) is 17.6 Å². The van der Waals surface area contributed by atoms with Gasteiger partial charge in [0.05, 0.1) is 4.90 Å². The first kappa shape index (κ1) is 19.6. The molecule has 0 atom stereocenters. The van der Waals surface area contributed by atoms with Crippen LogP contribution in [0.25, 0.3) is 0 Å². The summed E-state index contributed by atoms with van der Waals surface area (Å²) in [6.45, 7) is 6.74. The van der Waals surface area contributed by atoms with Crippen LogP contribution in [0.15, 0.2) is 29.2 Å². The van der Waals surface area contributed by atoms with Crippen molar-refractivity contribution in [2.24, 2.45) is 0 Å². The summed E-state index contributed by atoms with van der Waals surface area (Å²) in [7, 11) is 0.294. The Morgan fingerprint density at radius 2 is 1.87 bits per heavy atom. The van der Waals surface area contributed by atoms with E-state index in [2.05, 4.69) is 10.0 Å². The first-order valence-corrected chi connectivity index (χ1v) is 9.06. The number of sulfonamides is 1. The third kappa shape index (κ3) is 7.11. The van der Waals surface area contributed by atoms with Gasteiger partial charge in [-0.15, -0.1) is 0 Å². The van der Waals surface area contributed by atoms with Gasteiger partial charge in [-0.3, -0.25) is 4.79 Å². The van der Waals surface area contributed by atoms with E-state index in [0.29, 0.717) is 12.1 Å². The fourth-order valence-electron chi connectivity index (χ4n) is 1.97. The van der Waals surface area contributed by atoms with Gasteiger partial charge in [-0.05, 0) is 66.0 Å². The Morgan fingerprint density at radius 3 is 2.43 bits per heavy atom. The normalized spacial score (nSPS) is 12.4. The minimum Gasteiger partial charge on any atom is -0.352 e. The van der Waals surface area contributed by atoms with Crippen LogP contribution < -0.4 is 10.0 Å². The maximum Gasteiger partial charge on any atom is 0.251 e. The Labute approximate surface area is 139 Å². The zero-order valence-electron chi connectivity index (χ0n) is 14.5. The number of amides is 1. The number of benzene rings is 1. The van der Waals surface area contributed by atoms with Crippen LogP contribution in [0.1, 0.15) is 37.6 Å². The van der Waals surface area contributed by atoms with Crippen LogP contribution in [-0.2, 0) is 10.0 Å². The van der Waals surface area contributed by atoms with Crippen molar-refractivity contribution in [3.8, 4) is 0 Å². The van der Waals surface area contributed by atoms with Crippen LogP contribution in [0.4, 0.5) is 0 Å². The largest absolute Gasteiger partial charge is 0.352 e. The van der Waals surface area contributed by atoms with Gasteiger partial charge >= 0.3 is 0 Å². The number of carbonyl (C=O) groups is 1. The van der Waals surface area contributed by atoms with E-state index in [-0.39, 0.29) is 10.8 Å². The lowest BCUT2D eigenvalue weighted by molar-refractivity contribution is 0.0952. The molecule has 7 heteroatoms. The molecular formula is C16H27N3O3S. The molecule has 0 aliphatic rings. The monoisotopic (exact) mass is 341 g/mol. The van der Waals surface area contributed by atoms with Crippen molar-refractivity contribution in [3.05, 3.63) is 29.8 Å². The molecule has 0 fully saturated rings. The van der Waals surface area contributed by atoms with Crippen molar-refractivity contribution in [2.45, 2.75) is 37.6 Å². The lowest BCUT2D eigenvalue weighted by Gasteiger charge is -2.20. The molecule has 130 valence electrons. The molecule has 0 aliphatic carbocycles. The highest BCUT2D eigenvalue weighted by Crippen LogP contribution is 2.14. The van der Waals surface area contributed by atoms with E-state index in [1.807, 2.05) is 19.0 Å². The number of nitrogens with one attached hydrogen (secondary N) is 2. The smallest absolute Gasteiger partial charge is 0.251 e. The zero-order valence-corrected chi connectivity index (χ0v) is 15.3. The van der Waals surface area contributed by atoms with Gasteiger partial charge in [-0.1, -0.05) is 6.07 Å². The molecule has 0 aromatic heterocycles. The molecule has 0 heterocycles. The summed E-state index contributed by atoms with van der Waals surface area (Å²) in [5, 5.41) is 2.80. The van der Waals surface area contributed by atoms with Crippen molar-refractivity contribution in [1.29, 1.82) is 0 Å². The Balaban J connectivity index is 2.78. The van der Waals surface area contributed by atoms with E-state index in [0.717, 1.165) is 13.0 Å². The molecule has 1 aromatic carbocycles. The zero-order chi connectivity index (χ0) is 17.7. The molecule has 1 aromatic rings. The highest BCUT2D eigenvalue weighted by atomic mass is 32.2. The molecule has 0 saturated heterocycles. The standard InChI is InChI=1S/C16H27N3O3S/c1-16(2,3)18-23(21,22)14-9-6-8-13(12-14)15(20)17-10-7-11-19(4)5/h6,8-9,12,18H,7,10-11H2,1-5H3,(H,17,20). The highest BCUT2D eigenvalue weighted by Gasteiger charge is 2.22. The predicted octanol–water partition coefficient (Wildman–Crippen LogP) is 1.44. The van der Waals surface area contributed by atoms with Crippen LogP contribution in [0.3, 0.4) is 0 Å². The minimum atomic E-state index is -3.65. The molecule has 0 unspecified atom stereocenters. The molecular weight excluding hydrogens is 314 g/mol. The van der Waals surface area contributed by atoms with Gasteiger partial charge in [-0.25, -0.2) is 13.1 Å². The Kier molecular flexibility index (Phi) is 6.73. The summed E-state index contributed by atoms with van der Waals surface area (Å²) in [5.74, 6) is -0.267. The average molecular weight is 341 g/mol. The second kappa shape index (κ2) is 7.90. The molecule has 2 N–H and O–H groups in total. The summed E-state index contributed by atoms with van der Waals surface area (Å²) in [4.78, 5) is 14.2. The summed E-state index contributed by atoms with van der Waals surface area (Å²) < 4.78 is 27.2. The van der Waals surface area contributed by atoms with E-state index in [1.165, 1.54) is 12.1 Å². The minimum absolute atomic E-state index is 0.0911. The predicted molar refractivity (Wildman–Crippen MR) is 92.0 cm³/mol. The number of carbonyl (C=O) groups excluding carboxylic acids is 1. The lowest BCUT2D eigenvalue weighted by Crippen LogP contribution is -2.40. The summed E-state index contributed by atoms with van der Waals surface area (Å²) in [6.07, 6.45) is 0.836. The molecule has 6 nitrogen and oxygen atoms in total. The van der Waals surface area contributed by atoms with Gasteiger partial charge in [0.1, 0.15) is 0 Å².